The highest BCUT2D eigenvalue weighted by molar-refractivity contribution is 7.98. The van der Waals surface area contributed by atoms with Gasteiger partial charge in [0, 0.05) is 28.2 Å². The van der Waals surface area contributed by atoms with Crippen LogP contribution in [-0.4, -0.2) is 18.5 Å². The maximum absolute atomic E-state index is 6.33. The van der Waals surface area contributed by atoms with Gasteiger partial charge >= 0.3 is 0 Å². The molecule has 2 N–H and O–H groups in total. The largest absolute Gasteiger partial charge is 0.378 e. The monoisotopic (exact) mass is 283 g/mol. The Hall–Kier alpha value is -0.0300. The molecule has 1 saturated heterocycles. The van der Waals surface area contributed by atoms with E-state index in [-0.39, 0.29) is 6.04 Å². The number of fused-ring (bicyclic) bond motifs is 1. The van der Waals surface area contributed by atoms with Crippen LogP contribution in [-0.2, 0) is 16.9 Å². The molecule has 18 heavy (non-hydrogen) atoms. The van der Waals surface area contributed by atoms with Crippen molar-refractivity contribution in [1.82, 2.24) is 0 Å². The fourth-order valence-corrected chi connectivity index (χ4v) is 5.14. The Labute approximate surface area is 117 Å². The van der Waals surface area contributed by atoms with Crippen molar-refractivity contribution in [2.24, 2.45) is 5.73 Å². The summed E-state index contributed by atoms with van der Waals surface area (Å²) in [6, 6.07) is 2.57. The topological polar surface area (TPSA) is 35.2 Å². The Balaban J connectivity index is 1.57. The van der Waals surface area contributed by atoms with Crippen LogP contribution in [0.1, 0.15) is 47.0 Å². The molecule has 2 aliphatic rings. The molecule has 0 spiro atoms. The maximum atomic E-state index is 6.33. The number of rotatable bonds is 4. The summed E-state index contributed by atoms with van der Waals surface area (Å²) in [5, 5.41) is 0. The molecule has 0 amide bonds. The molecule has 0 aliphatic carbocycles. The van der Waals surface area contributed by atoms with Gasteiger partial charge in [0.05, 0.1) is 6.10 Å². The van der Waals surface area contributed by atoms with Crippen molar-refractivity contribution >= 4 is 23.1 Å². The van der Waals surface area contributed by atoms with Crippen LogP contribution in [0.2, 0.25) is 0 Å². The van der Waals surface area contributed by atoms with Crippen LogP contribution in [0.25, 0.3) is 0 Å². The quantitative estimate of drug-likeness (QED) is 0.918. The van der Waals surface area contributed by atoms with Crippen LogP contribution in [0.15, 0.2) is 6.07 Å². The van der Waals surface area contributed by atoms with Crippen molar-refractivity contribution in [2.45, 2.75) is 50.0 Å². The molecule has 1 aromatic heterocycles. The van der Waals surface area contributed by atoms with Crippen LogP contribution in [0.3, 0.4) is 0 Å². The molecule has 0 radical (unpaired) electrons. The smallest absolute Gasteiger partial charge is 0.0576 e. The number of ether oxygens (including phenoxy) is 1. The molecule has 0 saturated carbocycles. The van der Waals surface area contributed by atoms with Crippen molar-refractivity contribution in [2.75, 3.05) is 12.4 Å². The van der Waals surface area contributed by atoms with Crippen molar-refractivity contribution in [3.63, 3.8) is 0 Å². The Morgan fingerprint density at radius 1 is 1.50 bits per heavy atom. The minimum Gasteiger partial charge on any atom is -0.378 e. The molecule has 0 aromatic carbocycles. The molecule has 2 nitrogen and oxygen atoms in total. The minimum atomic E-state index is 0.217. The van der Waals surface area contributed by atoms with E-state index in [4.69, 9.17) is 10.5 Å². The summed E-state index contributed by atoms with van der Waals surface area (Å²) >= 11 is 3.99. The molecule has 1 aromatic rings. The van der Waals surface area contributed by atoms with Gasteiger partial charge in [-0.2, -0.15) is 11.8 Å². The van der Waals surface area contributed by atoms with Gasteiger partial charge in [-0.05, 0) is 49.5 Å². The highest BCUT2D eigenvalue weighted by Crippen LogP contribution is 2.35. The molecule has 0 bridgehead atoms. The number of hydrogen-bond acceptors (Lipinski definition) is 4. The van der Waals surface area contributed by atoms with Gasteiger partial charge in [0.25, 0.3) is 0 Å². The van der Waals surface area contributed by atoms with Gasteiger partial charge in [-0.3, -0.25) is 0 Å². The third-order valence-corrected chi connectivity index (χ3v) is 6.21. The second-order valence-electron chi connectivity index (χ2n) is 5.22. The first kappa shape index (κ1) is 13.0. The SMILES string of the molecule is NC(CCC1CCCO1)c1cc2c(s1)CCSC2. The molecule has 4 heteroatoms. The highest BCUT2D eigenvalue weighted by atomic mass is 32.2. The molecule has 2 aliphatic heterocycles. The number of nitrogens with two attached hydrogens (primary N) is 1. The summed E-state index contributed by atoms with van der Waals surface area (Å²) < 4.78 is 5.67. The zero-order valence-corrected chi connectivity index (χ0v) is 12.3. The Morgan fingerprint density at radius 2 is 2.44 bits per heavy atom. The van der Waals surface area contributed by atoms with Gasteiger partial charge in [0.2, 0.25) is 0 Å². The van der Waals surface area contributed by atoms with E-state index >= 15 is 0 Å². The van der Waals surface area contributed by atoms with Crippen molar-refractivity contribution in [3.05, 3.63) is 21.4 Å². The van der Waals surface area contributed by atoms with Gasteiger partial charge in [-0.15, -0.1) is 11.3 Å². The summed E-state index contributed by atoms with van der Waals surface area (Å²) in [6.45, 7) is 0.949. The van der Waals surface area contributed by atoms with E-state index in [2.05, 4.69) is 6.07 Å². The summed E-state index contributed by atoms with van der Waals surface area (Å²) in [4.78, 5) is 2.97. The van der Waals surface area contributed by atoms with E-state index in [0.717, 1.165) is 19.4 Å². The van der Waals surface area contributed by atoms with Crippen LogP contribution in [0.4, 0.5) is 0 Å². The Bertz CT molecular complexity index is 375. The highest BCUT2D eigenvalue weighted by Gasteiger charge is 2.20. The zero-order chi connectivity index (χ0) is 12.4. The predicted molar refractivity (Wildman–Crippen MR) is 79.3 cm³/mol. The van der Waals surface area contributed by atoms with E-state index in [1.807, 2.05) is 23.1 Å². The fraction of sp³-hybridized carbons (Fsp3) is 0.714. The second kappa shape index (κ2) is 5.95. The number of hydrogen-bond donors (Lipinski definition) is 1. The molecular formula is C14H21NOS2. The molecular weight excluding hydrogens is 262 g/mol. The van der Waals surface area contributed by atoms with Crippen molar-refractivity contribution in [3.8, 4) is 0 Å². The molecule has 3 heterocycles. The third kappa shape index (κ3) is 2.93. The van der Waals surface area contributed by atoms with Crippen molar-refractivity contribution < 1.29 is 4.74 Å². The van der Waals surface area contributed by atoms with E-state index in [1.165, 1.54) is 35.6 Å². The van der Waals surface area contributed by atoms with E-state index < -0.39 is 0 Å². The minimum absolute atomic E-state index is 0.217. The van der Waals surface area contributed by atoms with E-state index in [9.17, 15) is 0 Å². The maximum Gasteiger partial charge on any atom is 0.0576 e. The summed E-state index contributed by atoms with van der Waals surface area (Å²) in [6.07, 6.45) is 6.36. The lowest BCUT2D eigenvalue weighted by atomic mass is 10.0. The third-order valence-electron chi connectivity index (χ3n) is 3.84. The zero-order valence-electron chi connectivity index (χ0n) is 10.7. The van der Waals surface area contributed by atoms with Gasteiger partial charge in [0.1, 0.15) is 0 Å². The summed E-state index contributed by atoms with van der Waals surface area (Å²) in [5.41, 5.74) is 7.87. The van der Waals surface area contributed by atoms with Gasteiger partial charge in [-0.1, -0.05) is 0 Å². The molecule has 3 rings (SSSR count). The molecule has 2 atom stereocenters. The van der Waals surface area contributed by atoms with Gasteiger partial charge in [0.15, 0.2) is 0 Å². The fourth-order valence-electron chi connectivity index (χ4n) is 2.73. The average Bonchev–Trinajstić information content (AvgIpc) is 3.04. The second-order valence-corrected chi connectivity index (χ2v) is 7.49. The van der Waals surface area contributed by atoms with Crippen LogP contribution in [0, 0.1) is 0 Å². The summed E-state index contributed by atoms with van der Waals surface area (Å²) in [7, 11) is 0. The van der Waals surface area contributed by atoms with Gasteiger partial charge in [-0.25, -0.2) is 0 Å². The van der Waals surface area contributed by atoms with Crippen LogP contribution in [0.5, 0.6) is 0 Å². The van der Waals surface area contributed by atoms with Crippen molar-refractivity contribution in [1.29, 1.82) is 0 Å². The first-order valence-corrected chi connectivity index (χ1v) is 8.86. The normalized spacial score (nSPS) is 25.1. The molecule has 1 fully saturated rings. The lowest BCUT2D eigenvalue weighted by Crippen LogP contribution is -2.13. The lowest BCUT2D eigenvalue weighted by Gasteiger charge is -2.13. The van der Waals surface area contributed by atoms with Crippen LogP contribution >= 0.6 is 23.1 Å². The Morgan fingerprint density at radius 3 is 3.22 bits per heavy atom. The Kier molecular flexibility index (Phi) is 4.29. The molecule has 2 unspecified atom stereocenters. The first-order chi connectivity index (χ1) is 8.83. The molecule has 100 valence electrons. The predicted octanol–water partition coefficient (Wildman–Crippen LogP) is 3.50. The van der Waals surface area contributed by atoms with E-state index in [0.29, 0.717) is 6.10 Å². The van der Waals surface area contributed by atoms with E-state index in [1.54, 1.807) is 10.4 Å². The number of thioether (sulfide) groups is 1. The standard InChI is InChI=1S/C14H21NOS2/c15-12(4-3-11-2-1-6-16-11)14-8-10-9-17-7-5-13(10)18-14/h8,11-12H,1-7,9,15H2. The summed E-state index contributed by atoms with van der Waals surface area (Å²) in [5.74, 6) is 2.46. The van der Waals surface area contributed by atoms with Gasteiger partial charge < -0.3 is 10.5 Å². The first-order valence-electron chi connectivity index (χ1n) is 6.89. The number of aryl methyl sites for hydroxylation is 1. The average molecular weight is 283 g/mol. The number of thiophene rings is 1. The lowest BCUT2D eigenvalue weighted by molar-refractivity contribution is 0.101. The van der Waals surface area contributed by atoms with Crippen LogP contribution < -0.4 is 5.73 Å².